The van der Waals surface area contributed by atoms with Gasteiger partial charge in [0, 0.05) is 6.07 Å². The van der Waals surface area contributed by atoms with E-state index in [1.807, 2.05) is 30.3 Å². The summed E-state index contributed by atoms with van der Waals surface area (Å²) in [5, 5.41) is 0. The van der Waals surface area contributed by atoms with Gasteiger partial charge in [0.1, 0.15) is 22.5 Å². The first-order chi connectivity index (χ1) is 14.3. The third kappa shape index (κ3) is 2.88. The van der Waals surface area contributed by atoms with E-state index in [-0.39, 0.29) is 18.2 Å². The van der Waals surface area contributed by atoms with Crippen LogP contribution < -0.4 is 15.2 Å². The van der Waals surface area contributed by atoms with Crippen LogP contribution in [0.1, 0.15) is 31.1 Å². The van der Waals surface area contributed by atoms with Gasteiger partial charge in [-0.3, -0.25) is 4.57 Å². The summed E-state index contributed by atoms with van der Waals surface area (Å²) in [6.45, 7) is 5.58. The van der Waals surface area contributed by atoms with Crippen molar-refractivity contribution < 1.29 is 19.0 Å². The van der Waals surface area contributed by atoms with E-state index >= 15 is 0 Å². The molecule has 0 saturated heterocycles. The normalized spacial score (nSPS) is 13.2. The summed E-state index contributed by atoms with van der Waals surface area (Å²) >= 11 is 0. The first kappa shape index (κ1) is 18.2. The van der Waals surface area contributed by atoms with Gasteiger partial charge < -0.3 is 19.9 Å². The number of carbonyl (C=O) groups excluding carboxylic acids is 1. The molecule has 0 unspecified atom stereocenters. The van der Waals surface area contributed by atoms with Crippen molar-refractivity contribution in [2.24, 2.45) is 0 Å². The Bertz CT molecular complexity index is 1320. The van der Waals surface area contributed by atoms with E-state index < -0.39 is 11.6 Å². The van der Waals surface area contributed by atoms with Crippen molar-refractivity contribution in [3.63, 3.8) is 0 Å². The number of anilines is 1. The lowest BCUT2D eigenvalue weighted by molar-refractivity contribution is 0.00728. The number of esters is 1. The zero-order valence-electron chi connectivity index (χ0n) is 16.8. The number of para-hydroxylation sites is 2. The fourth-order valence-electron chi connectivity index (χ4n) is 3.48. The van der Waals surface area contributed by atoms with Crippen LogP contribution in [0.25, 0.3) is 27.9 Å². The first-order valence-electron chi connectivity index (χ1n) is 9.52. The van der Waals surface area contributed by atoms with Crippen LogP contribution in [0.2, 0.25) is 0 Å². The minimum atomic E-state index is -0.680. The van der Waals surface area contributed by atoms with Gasteiger partial charge in [-0.25, -0.2) is 14.8 Å². The number of benzene rings is 2. The highest BCUT2D eigenvalue weighted by Crippen LogP contribution is 2.37. The molecule has 8 nitrogen and oxygen atoms in total. The molecule has 0 fully saturated rings. The van der Waals surface area contributed by atoms with E-state index in [1.54, 1.807) is 37.5 Å². The summed E-state index contributed by atoms with van der Waals surface area (Å²) in [7, 11) is 0. The smallest absolute Gasteiger partial charge is 0.344 e. The number of ether oxygens (including phenoxy) is 3. The van der Waals surface area contributed by atoms with E-state index in [4.69, 9.17) is 24.9 Å². The number of rotatable bonds is 2. The number of fused-ring (bicyclic) bond motifs is 3. The van der Waals surface area contributed by atoms with Crippen molar-refractivity contribution in [2.45, 2.75) is 26.4 Å². The second kappa shape index (κ2) is 6.35. The summed E-state index contributed by atoms with van der Waals surface area (Å²) in [4.78, 5) is 22.5. The molecule has 2 N–H and O–H groups in total. The number of carbonyl (C=O) groups is 1. The van der Waals surface area contributed by atoms with E-state index in [9.17, 15) is 4.79 Å². The van der Waals surface area contributed by atoms with Gasteiger partial charge in [-0.15, -0.1) is 0 Å². The van der Waals surface area contributed by atoms with Gasteiger partial charge in [0.15, 0.2) is 17.1 Å². The molecule has 0 saturated carbocycles. The topological polar surface area (TPSA) is 101 Å². The molecule has 152 valence electrons. The molecule has 5 rings (SSSR count). The Balaban J connectivity index is 1.80. The van der Waals surface area contributed by atoms with Crippen LogP contribution in [-0.2, 0) is 4.74 Å². The standard InChI is InChI=1S/C22H20N4O4/c1-22(2,3)30-21(27)17-18-20(25-14-7-5-4-6-13(14)24-18)26(19(17)23)12-8-9-15-16(10-12)29-11-28-15/h4-10H,11,23H2,1-3H3. The van der Waals surface area contributed by atoms with Crippen molar-refractivity contribution >= 4 is 34.0 Å². The van der Waals surface area contributed by atoms with Crippen LogP contribution in [0.3, 0.4) is 0 Å². The minimum absolute atomic E-state index is 0.161. The predicted octanol–water partition coefficient (Wildman–Crippen LogP) is 3.84. The van der Waals surface area contributed by atoms with Crippen LogP contribution in [0.4, 0.5) is 5.82 Å². The molecule has 1 aliphatic heterocycles. The second-order valence-corrected chi connectivity index (χ2v) is 8.02. The molecule has 0 aliphatic carbocycles. The average molecular weight is 404 g/mol. The van der Waals surface area contributed by atoms with Crippen molar-refractivity contribution in [1.29, 1.82) is 0 Å². The Labute approximate surface area is 172 Å². The molecule has 0 bridgehead atoms. The number of nitrogens with zero attached hydrogens (tertiary/aromatic N) is 3. The van der Waals surface area contributed by atoms with Crippen LogP contribution in [-0.4, -0.2) is 32.9 Å². The predicted molar refractivity (Wildman–Crippen MR) is 112 cm³/mol. The molecule has 2 aromatic heterocycles. The fraction of sp³-hybridized carbons (Fsp3) is 0.227. The lowest BCUT2D eigenvalue weighted by Crippen LogP contribution is -2.24. The molecule has 0 amide bonds. The molecular weight excluding hydrogens is 384 g/mol. The quantitative estimate of drug-likeness (QED) is 0.507. The average Bonchev–Trinajstić information content (AvgIpc) is 3.25. The van der Waals surface area contributed by atoms with Gasteiger partial charge in [0.25, 0.3) is 0 Å². The van der Waals surface area contributed by atoms with Crippen LogP contribution >= 0.6 is 0 Å². The molecule has 2 aromatic carbocycles. The largest absolute Gasteiger partial charge is 0.456 e. The second-order valence-electron chi connectivity index (χ2n) is 8.02. The van der Waals surface area contributed by atoms with Gasteiger partial charge in [-0.2, -0.15) is 0 Å². The summed E-state index contributed by atoms with van der Waals surface area (Å²) < 4.78 is 18.2. The maximum Gasteiger partial charge on any atom is 0.344 e. The third-order valence-electron chi connectivity index (χ3n) is 4.72. The third-order valence-corrected chi connectivity index (χ3v) is 4.72. The maximum absolute atomic E-state index is 13.0. The van der Waals surface area contributed by atoms with Crippen LogP contribution in [0.5, 0.6) is 11.5 Å². The molecule has 3 heterocycles. The number of hydrogen-bond acceptors (Lipinski definition) is 7. The highest BCUT2D eigenvalue weighted by Gasteiger charge is 2.29. The summed E-state index contributed by atoms with van der Waals surface area (Å²) in [6, 6.07) is 12.9. The molecule has 8 heteroatoms. The molecule has 0 radical (unpaired) electrons. The number of nitrogens with two attached hydrogens (primary N) is 1. The summed E-state index contributed by atoms with van der Waals surface area (Å²) in [5.74, 6) is 0.904. The number of hydrogen-bond donors (Lipinski definition) is 1. The van der Waals surface area contributed by atoms with Crippen molar-refractivity contribution in [3.05, 3.63) is 48.0 Å². The van der Waals surface area contributed by atoms with Crippen LogP contribution in [0.15, 0.2) is 42.5 Å². The molecule has 30 heavy (non-hydrogen) atoms. The van der Waals surface area contributed by atoms with Crippen LogP contribution in [0, 0.1) is 0 Å². The Hall–Kier alpha value is -3.81. The monoisotopic (exact) mass is 404 g/mol. The molecule has 0 spiro atoms. The van der Waals surface area contributed by atoms with Gasteiger partial charge in [0.2, 0.25) is 6.79 Å². The molecule has 4 aromatic rings. The first-order valence-corrected chi connectivity index (χ1v) is 9.52. The van der Waals surface area contributed by atoms with E-state index in [1.165, 1.54) is 0 Å². The zero-order chi connectivity index (χ0) is 21.0. The fourth-order valence-corrected chi connectivity index (χ4v) is 3.48. The number of aromatic nitrogens is 3. The zero-order valence-corrected chi connectivity index (χ0v) is 16.8. The Morgan fingerprint density at radius 3 is 2.50 bits per heavy atom. The van der Waals surface area contributed by atoms with E-state index in [0.29, 0.717) is 39.4 Å². The Morgan fingerprint density at radius 2 is 1.77 bits per heavy atom. The van der Waals surface area contributed by atoms with Crippen molar-refractivity contribution in [2.75, 3.05) is 12.5 Å². The van der Waals surface area contributed by atoms with Crippen molar-refractivity contribution in [1.82, 2.24) is 14.5 Å². The minimum Gasteiger partial charge on any atom is -0.456 e. The van der Waals surface area contributed by atoms with Gasteiger partial charge in [-0.05, 0) is 45.0 Å². The highest BCUT2D eigenvalue weighted by molar-refractivity contribution is 6.09. The molecule has 0 atom stereocenters. The van der Waals surface area contributed by atoms with Crippen molar-refractivity contribution in [3.8, 4) is 17.2 Å². The summed E-state index contributed by atoms with van der Waals surface area (Å²) in [6.07, 6.45) is 0. The van der Waals surface area contributed by atoms with Gasteiger partial charge >= 0.3 is 5.97 Å². The van der Waals surface area contributed by atoms with Gasteiger partial charge in [-0.1, -0.05) is 12.1 Å². The highest BCUT2D eigenvalue weighted by atomic mass is 16.7. The van der Waals surface area contributed by atoms with E-state index in [2.05, 4.69) is 4.98 Å². The Morgan fingerprint density at radius 1 is 1.07 bits per heavy atom. The lowest BCUT2D eigenvalue weighted by Gasteiger charge is -2.19. The van der Waals surface area contributed by atoms with E-state index in [0.717, 1.165) is 0 Å². The Kier molecular flexibility index (Phi) is 3.86. The van der Waals surface area contributed by atoms with Gasteiger partial charge in [0.05, 0.1) is 16.7 Å². The maximum atomic E-state index is 13.0. The number of nitrogen functional groups attached to an aromatic ring is 1. The molecular formula is C22H20N4O4. The molecule has 1 aliphatic rings. The summed E-state index contributed by atoms with van der Waals surface area (Å²) in [5.41, 5.74) is 8.89. The SMILES string of the molecule is CC(C)(C)OC(=O)c1c(N)n(-c2ccc3c(c2)OCO3)c2nc3ccccc3nc12. The lowest BCUT2D eigenvalue weighted by atomic mass is 10.2.